The monoisotopic (exact) mass is 297 g/mol. The van der Waals surface area contributed by atoms with Crippen molar-refractivity contribution in [2.24, 2.45) is 0 Å². The van der Waals surface area contributed by atoms with Gasteiger partial charge in [-0.05, 0) is 48.0 Å². The average Bonchev–Trinajstić information content (AvgIpc) is 2.64. The molecule has 90 valence electrons. The lowest BCUT2D eigenvalue weighted by molar-refractivity contribution is 0.607. The molecule has 1 aromatic heterocycles. The van der Waals surface area contributed by atoms with E-state index < -0.39 is 0 Å². The Labute approximate surface area is 108 Å². The van der Waals surface area contributed by atoms with Gasteiger partial charge in [0.15, 0.2) is 0 Å². The van der Waals surface area contributed by atoms with Crippen molar-refractivity contribution in [2.75, 3.05) is 5.73 Å². The fraction of sp³-hybridized carbons (Fsp3) is 0.250. The van der Waals surface area contributed by atoms with Crippen LogP contribution in [0.5, 0.6) is 0 Å². The van der Waals surface area contributed by atoms with Gasteiger partial charge in [0.1, 0.15) is 17.3 Å². The molecule has 1 heterocycles. The smallest absolute Gasteiger partial charge is 0.137 e. The second-order valence-corrected chi connectivity index (χ2v) is 4.96. The van der Waals surface area contributed by atoms with Gasteiger partial charge in [-0.15, -0.1) is 0 Å². The standard InChI is InChI=1S/C12H13BrFN3/c1-7(2)17-6-16-11(12(17)15)8-3-4-10(14)9(13)5-8/h3-7H,15H2,1-2H3. The van der Waals surface area contributed by atoms with Crippen LogP contribution in [0.1, 0.15) is 19.9 Å². The summed E-state index contributed by atoms with van der Waals surface area (Å²) in [7, 11) is 0. The lowest BCUT2D eigenvalue weighted by Crippen LogP contribution is -2.04. The zero-order valence-corrected chi connectivity index (χ0v) is 11.2. The number of aromatic nitrogens is 2. The van der Waals surface area contributed by atoms with E-state index in [-0.39, 0.29) is 11.9 Å². The number of imidazole rings is 1. The fourth-order valence-electron chi connectivity index (χ4n) is 1.65. The first-order valence-electron chi connectivity index (χ1n) is 5.28. The highest BCUT2D eigenvalue weighted by atomic mass is 79.9. The van der Waals surface area contributed by atoms with Crippen molar-refractivity contribution in [3.8, 4) is 11.3 Å². The van der Waals surface area contributed by atoms with E-state index in [9.17, 15) is 4.39 Å². The third-order valence-corrected chi connectivity index (χ3v) is 3.19. The first-order chi connectivity index (χ1) is 8.00. The summed E-state index contributed by atoms with van der Waals surface area (Å²) in [6, 6.07) is 5.00. The number of rotatable bonds is 2. The molecule has 0 amide bonds. The van der Waals surface area contributed by atoms with Gasteiger partial charge in [0.2, 0.25) is 0 Å². The molecular formula is C12H13BrFN3. The van der Waals surface area contributed by atoms with Crippen molar-refractivity contribution in [2.45, 2.75) is 19.9 Å². The van der Waals surface area contributed by atoms with Crippen molar-refractivity contribution < 1.29 is 4.39 Å². The van der Waals surface area contributed by atoms with Crippen LogP contribution in [0.15, 0.2) is 29.0 Å². The average molecular weight is 298 g/mol. The van der Waals surface area contributed by atoms with Crippen molar-refractivity contribution in [3.63, 3.8) is 0 Å². The van der Waals surface area contributed by atoms with E-state index in [0.717, 1.165) is 5.56 Å². The van der Waals surface area contributed by atoms with Crippen molar-refractivity contribution in [1.82, 2.24) is 9.55 Å². The molecule has 0 unspecified atom stereocenters. The van der Waals surface area contributed by atoms with Crippen LogP contribution in [0.2, 0.25) is 0 Å². The third-order valence-electron chi connectivity index (χ3n) is 2.58. The molecule has 2 rings (SSSR count). The Bertz CT molecular complexity index is 549. The van der Waals surface area contributed by atoms with E-state index >= 15 is 0 Å². The number of nitrogens with two attached hydrogens (primary N) is 1. The van der Waals surface area contributed by atoms with Crippen LogP contribution in [0, 0.1) is 5.82 Å². The Morgan fingerprint density at radius 2 is 2.12 bits per heavy atom. The van der Waals surface area contributed by atoms with Crippen LogP contribution in [0.4, 0.5) is 10.2 Å². The zero-order valence-electron chi connectivity index (χ0n) is 9.61. The fourth-order valence-corrected chi connectivity index (χ4v) is 2.03. The summed E-state index contributed by atoms with van der Waals surface area (Å²) in [6.45, 7) is 4.06. The van der Waals surface area contributed by atoms with Crippen LogP contribution >= 0.6 is 15.9 Å². The Balaban J connectivity index is 2.50. The van der Waals surface area contributed by atoms with Crippen LogP contribution in [-0.4, -0.2) is 9.55 Å². The van der Waals surface area contributed by atoms with Gasteiger partial charge in [0.05, 0.1) is 10.8 Å². The van der Waals surface area contributed by atoms with Crippen LogP contribution in [-0.2, 0) is 0 Å². The molecule has 5 heteroatoms. The summed E-state index contributed by atoms with van der Waals surface area (Å²) >= 11 is 3.15. The molecule has 2 aromatic rings. The molecule has 0 bridgehead atoms. The van der Waals surface area contributed by atoms with Crippen LogP contribution in [0.25, 0.3) is 11.3 Å². The number of anilines is 1. The van der Waals surface area contributed by atoms with Gasteiger partial charge >= 0.3 is 0 Å². The summed E-state index contributed by atoms with van der Waals surface area (Å²) in [5.41, 5.74) is 7.50. The second-order valence-electron chi connectivity index (χ2n) is 4.11. The van der Waals surface area contributed by atoms with E-state index in [1.165, 1.54) is 6.07 Å². The Morgan fingerprint density at radius 3 is 2.65 bits per heavy atom. The molecule has 0 aliphatic rings. The van der Waals surface area contributed by atoms with Crippen LogP contribution < -0.4 is 5.73 Å². The van der Waals surface area contributed by atoms with Gasteiger partial charge < -0.3 is 10.3 Å². The van der Waals surface area contributed by atoms with Gasteiger partial charge in [0, 0.05) is 11.6 Å². The number of hydrogen-bond donors (Lipinski definition) is 1. The Morgan fingerprint density at radius 1 is 1.41 bits per heavy atom. The predicted molar refractivity (Wildman–Crippen MR) is 70.1 cm³/mol. The number of nitrogens with zero attached hydrogens (tertiary/aromatic N) is 2. The lowest BCUT2D eigenvalue weighted by atomic mass is 10.1. The molecule has 0 aliphatic heterocycles. The van der Waals surface area contributed by atoms with Crippen molar-refractivity contribution in [3.05, 3.63) is 34.8 Å². The first kappa shape index (κ1) is 12.1. The van der Waals surface area contributed by atoms with Gasteiger partial charge in [-0.3, -0.25) is 0 Å². The quantitative estimate of drug-likeness (QED) is 0.920. The normalized spacial score (nSPS) is 11.1. The highest BCUT2D eigenvalue weighted by Gasteiger charge is 2.12. The highest BCUT2D eigenvalue weighted by Crippen LogP contribution is 2.29. The number of nitrogen functional groups attached to an aromatic ring is 1. The third kappa shape index (κ3) is 2.20. The van der Waals surface area contributed by atoms with Gasteiger partial charge in [-0.2, -0.15) is 0 Å². The van der Waals surface area contributed by atoms with Gasteiger partial charge in [-0.25, -0.2) is 9.37 Å². The molecule has 1 aromatic carbocycles. The first-order valence-corrected chi connectivity index (χ1v) is 6.07. The maximum atomic E-state index is 13.1. The molecule has 0 spiro atoms. The minimum absolute atomic E-state index is 0.250. The SMILES string of the molecule is CC(C)n1cnc(-c2ccc(F)c(Br)c2)c1N. The topological polar surface area (TPSA) is 43.8 Å². The van der Waals surface area contributed by atoms with Crippen molar-refractivity contribution >= 4 is 21.7 Å². The maximum absolute atomic E-state index is 13.1. The zero-order chi connectivity index (χ0) is 12.6. The molecule has 3 nitrogen and oxygen atoms in total. The number of benzene rings is 1. The maximum Gasteiger partial charge on any atom is 0.137 e. The second kappa shape index (κ2) is 4.49. The molecule has 0 saturated heterocycles. The Kier molecular flexibility index (Phi) is 3.19. The summed E-state index contributed by atoms with van der Waals surface area (Å²) in [5.74, 6) is 0.300. The molecule has 0 radical (unpaired) electrons. The molecule has 0 aliphatic carbocycles. The lowest BCUT2D eigenvalue weighted by Gasteiger charge is -2.09. The summed E-state index contributed by atoms with van der Waals surface area (Å²) in [5, 5.41) is 0. The number of halogens is 2. The van der Waals surface area contributed by atoms with Crippen LogP contribution in [0.3, 0.4) is 0 Å². The summed E-state index contributed by atoms with van der Waals surface area (Å²) < 4.78 is 15.4. The highest BCUT2D eigenvalue weighted by molar-refractivity contribution is 9.10. The van der Waals surface area contributed by atoms with Gasteiger partial charge in [-0.1, -0.05) is 0 Å². The van der Waals surface area contributed by atoms with E-state index in [2.05, 4.69) is 20.9 Å². The molecule has 0 fully saturated rings. The minimum atomic E-state index is -0.296. The minimum Gasteiger partial charge on any atom is -0.383 e. The van der Waals surface area contributed by atoms with E-state index in [0.29, 0.717) is 16.0 Å². The Hall–Kier alpha value is -1.36. The van der Waals surface area contributed by atoms with Gasteiger partial charge in [0.25, 0.3) is 0 Å². The summed E-state index contributed by atoms with van der Waals surface area (Å²) in [6.07, 6.45) is 1.70. The molecule has 0 atom stereocenters. The predicted octanol–water partition coefficient (Wildman–Crippen LogP) is 3.61. The molecule has 17 heavy (non-hydrogen) atoms. The van der Waals surface area contributed by atoms with E-state index in [1.54, 1.807) is 18.5 Å². The number of hydrogen-bond acceptors (Lipinski definition) is 2. The van der Waals surface area contributed by atoms with E-state index in [4.69, 9.17) is 5.73 Å². The molecular weight excluding hydrogens is 285 g/mol. The largest absolute Gasteiger partial charge is 0.383 e. The van der Waals surface area contributed by atoms with Crippen molar-refractivity contribution in [1.29, 1.82) is 0 Å². The molecule has 0 saturated carbocycles. The molecule has 2 N–H and O–H groups in total. The summed E-state index contributed by atoms with van der Waals surface area (Å²) in [4.78, 5) is 4.27. The van der Waals surface area contributed by atoms with E-state index in [1.807, 2.05) is 18.4 Å².